The summed E-state index contributed by atoms with van der Waals surface area (Å²) >= 11 is 0. The second-order valence-electron chi connectivity index (χ2n) is 4.46. The van der Waals surface area contributed by atoms with E-state index in [-0.39, 0.29) is 11.9 Å². The fourth-order valence-corrected chi connectivity index (χ4v) is 2.42. The van der Waals surface area contributed by atoms with Gasteiger partial charge in [0.1, 0.15) is 12.2 Å². The van der Waals surface area contributed by atoms with Crippen LogP contribution in [-0.2, 0) is 9.47 Å². The van der Waals surface area contributed by atoms with Crippen LogP contribution < -0.4 is 0 Å². The first kappa shape index (κ1) is 11.1. The molecule has 1 aliphatic carbocycles. The van der Waals surface area contributed by atoms with Gasteiger partial charge < -0.3 is 14.6 Å². The van der Waals surface area contributed by atoms with Crippen molar-refractivity contribution >= 4 is 0 Å². The largest absolute Gasteiger partial charge is 0.386 e. The van der Waals surface area contributed by atoms with Gasteiger partial charge in [0.05, 0.1) is 6.61 Å². The summed E-state index contributed by atoms with van der Waals surface area (Å²) in [5.74, 6) is -0.370. The van der Waals surface area contributed by atoms with Gasteiger partial charge in [0.25, 0.3) is 0 Å². The van der Waals surface area contributed by atoms with Gasteiger partial charge in [0.15, 0.2) is 5.79 Å². The highest BCUT2D eigenvalue weighted by molar-refractivity contribution is 4.94. The van der Waals surface area contributed by atoms with Crippen molar-refractivity contribution < 1.29 is 14.6 Å². The summed E-state index contributed by atoms with van der Waals surface area (Å²) in [6.07, 6.45) is 8.47. The maximum Gasteiger partial charge on any atom is 0.169 e. The van der Waals surface area contributed by atoms with Crippen LogP contribution in [0.3, 0.4) is 0 Å². The zero-order valence-corrected chi connectivity index (χ0v) is 9.32. The Hall–Kier alpha value is -0.380. The fourth-order valence-electron chi connectivity index (χ4n) is 2.42. The van der Waals surface area contributed by atoms with E-state index in [2.05, 4.69) is 0 Å². The third-order valence-corrected chi connectivity index (χ3v) is 3.26. The van der Waals surface area contributed by atoms with Crippen LogP contribution in [0, 0.1) is 0 Å². The summed E-state index contributed by atoms with van der Waals surface area (Å²) in [6, 6.07) is 0. The predicted molar refractivity (Wildman–Crippen MR) is 57.5 cm³/mol. The van der Waals surface area contributed by atoms with Crippen molar-refractivity contribution in [2.75, 3.05) is 6.61 Å². The molecule has 0 unspecified atom stereocenters. The number of allylic oxidation sites excluding steroid dienone is 1. The Morgan fingerprint density at radius 2 is 2.07 bits per heavy atom. The molecule has 3 nitrogen and oxygen atoms in total. The first-order chi connectivity index (χ1) is 7.26. The summed E-state index contributed by atoms with van der Waals surface area (Å²) in [5, 5.41) is 9.77. The highest BCUT2D eigenvalue weighted by Gasteiger charge is 2.43. The second kappa shape index (κ2) is 4.64. The van der Waals surface area contributed by atoms with Crippen molar-refractivity contribution in [1.82, 2.24) is 0 Å². The molecule has 0 aromatic rings. The van der Waals surface area contributed by atoms with E-state index in [0.29, 0.717) is 6.61 Å². The van der Waals surface area contributed by atoms with E-state index in [4.69, 9.17) is 9.47 Å². The number of aliphatic hydroxyl groups is 1. The third kappa shape index (κ3) is 2.41. The number of rotatable bonds is 2. The van der Waals surface area contributed by atoms with E-state index in [9.17, 15) is 5.11 Å². The van der Waals surface area contributed by atoms with Crippen molar-refractivity contribution in [3.8, 4) is 0 Å². The highest BCUT2D eigenvalue weighted by atomic mass is 16.7. The maximum absolute atomic E-state index is 9.77. The number of hydrogen-bond acceptors (Lipinski definition) is 3. The van der Waals surface area contributed by atoms with Crippen LogP contribution in [0.1, 0.15) is 39.0 Å². The quantitative estimate of drug-likeness (QED) is 0.711. The molecule has 0 aromatic heterocycles. The van der Waals surface area contributed by atoms with Gasteiger partial charge in [0.2, 0.25) is 0 Å². The Labute approximate surface area is 91.1 Å². The van der Waals surface area contributed by atoms with Crippen molar-refractivity contribution in [2.45, 2.75) is 57.0 Å². The molecule has 2 aliphatic rings. The van der Waals surface area contributed by atoms with Crippen molar-refractivity contribution in [3.05, 3.63) is 12.2 Å². The van der Waals surface area contributed by atoms with Crippen LogP contribution in [0.4, 0.5) is 0 Å². The van der Waals surface area contributed by atoms with Crippen molar-refractivity contribution in [3.63, 3.8) is 0 Å². The lowest BCUT2D eigenvalue weighted by atomic mass is 9.94. The normalized spacial score (nSPS) is 32.5. The topological polar surface area (TPSA) is 38.7 Å². The molecular formula is C12H20O3. The van der Waals surface area contributed by atoms with Gasteiger partial charge in [-0.2, -0.15) is 0 Å². The smallest absolute Gasteiger partial charge is 0.169 e. The predicted octanol–water partition coefficient (Wildman–Crippen LogP) is 2.00. The van der Waals surface area contributed by atoms with Crippen LogP contribution in [0.15, 0.2) is 12.2 Å². The Balaban J connectivity index is 1.93. The Bertz CT molecular complexity index is 231. The van der Waals surface area contributed by atoms with E-state index >= 15 is 0 Å². The number of hydrogen-bond donors (Lipinski definition) is 1. The second-order valence-corrected chi connectivity index (χ2v) is 4.46. The molecular weight excluding hydrogens is 192 g/mol. The zero-order chi connectivity index (χ0) is 10.7. The standard InChI is InChI=1S/C12H20O3/c1-2-6-10(13)11-9-14-12(15-11)7-4-3-5-8-12/h2,6,10-11,13H,3-5,7-9H2,1H3/t10-,11-/m1/s1. The summed E-state index contributed by atoms with van der Waals surface area (Å²) in [4.78, 5) is 0. The molecule has 0 bridgehead atoms. The molecule has 0 amide bonds. The zero-order valence-electron chi connectivity index (χ0n) is 9.32. The molecule has 0 aromatic carbocycles. The molecule has 1 aliphatic heterocycles. The van der Waals surface area contributed by atoms with E-state index in [0.717, 1.165) is 12.8 Å². The minimum absolute atomic E-state index is 0.181. The van der Waals surface area contributed by atoms with Crippen molar-refractivity contribution in [2.24, 2.45) is 0 Å². The average Bonchev–Trinajstić information content (AvgIpc) is 2.64. The third-order valence-electron chi connectivity index (χ3n) is 3.26. The van der Waals surface area contributed by atoms with Crippen LogP contribution >= 0.6 is 0 Å². The van der Waals surface area contributed by atoms with Gasteiger partial charge in [-0.3, -0.25) is 0 Å². The Kier molecular flexibility index (Phi) is 3.44. The van der Waals surface area contributed by atoms with E-state index < -0.39 is 6.10 Å². The van der Waals surface area contributed by atoms with E-state index in [1.807, 2.05) is 13.0 Å². The molecule has 1 saturated heterocycles. The first-order valence-electron chi connectivity index (χ1n) is 5.88. The van der Waals surface area contributed by atoms with Crippen LogP contribution in [0.2, 0.25) is 0 Å². The van der Waals surface area contributed by atoms with E-state index in [1.54, 1.807) is 6.08 Å². The molecule has 2 rings (SSSR count). The van der Waals surface area contributed by atoms with Crippen LogP contribution in [0.25, 0.3) is 0 Å². The lowest BCUT2D eigenvalue weighted by Crippen LogP contribution is -2.35. The van der Waals surface area contributed by atoms with Gasteiger partial charge in [-0.05, 0) is 19.8 Å². The van der Waals surface area contributed by atoms with Gasteiger partial charge in [-0.25, -0.2) is 0 Å². The monoisotopic (exact) mass is 212 g/mol. The van der Waals surface area contributed by atoms with Crippen molar-refractivity contribution in [1.29, 1.82) is 0 Å². The molecule has 1 heterocycles. The van der Waals surface area contributed by atoms with Gasteiger partial charge in [-0.1, -0.05) is 18.6 Å². The minimum Gasteiger partial charge on any atom is -0.386 e. The van der Waals surface area contributed by atoms with E-state index in [1.165, 1.54) is 19.3 Å². The molecule has 1 N–H and O–H groups in total. The summed E-state index contributed by atoms with van der Waals surface area (Å²) in [5.41, 5.74) is 0. The molecule has 86 valence electrons. The lowest BCUT2D eigenvalue weighted by Gasteiger charge is -2.32. The minimum atomic E-state index is -0.531. The first-order valence-corrected chi connectivity index (χ1v) is 5.88. The van der Waals surface area contributed by atoms with Gasteiger partial charge in [0, 0.05) is 12.8 Å². The Morgan fingerprint density at radius 3 is 2.73 bits per heavy atom. The van der Waals surface area contributed by atoms with Crippen LogP contribution in [-0.4, -0.2) is 29.7 Å². The molecule has 0 radical (unpaired) electrons. The number of ether oxygens (including phenoxy) is 2. The number of aliphatic hydroxyl groups excluding tert-OH is 1. The Morgan fingerprint density at radius 1 is 1.33 bits per heavy atom. The molecule has 2 fully saturated rings. The fraction of sp³-hybridized carbons (Fsp3) is 0.833. The summed E-state index contributed by atoms with van der Waals surface area (Å²) in [6.45, 7) is 2.42. The van der Waals surface area contributed by atoms with Gasteiger partial charge in [-0.15, -0.1) is 0 Å². The maximum atomic E-state index is 9.77. The summed E-state index contributed by atoms with van der Waals surface area (Å²) < 4.78 is 11.6. The average molecular weight is 212 g/mol. The highest BCUT2D eigenvalue weighted by Crippen LogP contribution is 2.38. The molecule has 1 saturated carbocycles. The lowest BCUT2D eigenvalue weighted by molar-refractivity contribution is -0.193. The van der Waals surface area contributed by atoms with Crippen LogP contribution in [0.5, 0.6) is 0 Å². The van der Waals surface area contributed by atoms with Gasteiger partial charge >= 0.3 is 0 Å². The molecule has 2 atom stereocenters. The SMILES string of the molecule is CC=C[C@@H](O)[C@H]1COC2(CCCCC2)O1. The molecule has 1 spiro atoms. The summed E-state index contributed by atoms with van der Waals surface area (Å²) in [7, 11) is 0. The molecule has 15 heavy (non-hydrogen) atoms. The molecule has 3 heteroatoms.